The van der Waals surface area contributed by atoms with Crippen LogP contribution in [0.4, 0.5) is 0 Å². The number of halogens is 2. The fraction of sp³-hybridized carbons (Fsp3) is 0.273. The summed E-state index contributed by atoms with van der Waals surface area (Å²) in [5.41, 5.74) is 2.66. The van der Waals surface area contributed by atoms with E-state index in [2.05, 4.69) is 38.5 Å². The van der Waals surface area contributed by atoms with E-state index in [4.69, 9.17) is 16.6 Å². The number of nitrogens with one attached hydrogen (secondary N) is 1. The maximum Gasteiger partial charge on any atom is 0.252 e. The molecule has 0 unspecified atom stereocenters. The minimum absolute atomic E-state index is 0.122. The van der Waals surface area contributed by atoms with Crippen LogP contribution in [0.2, 0.25) is 5.02 Å². The third-order valence-electron chi connectivity index (χ3n) is 4.54. The van der Waals surface area contributed by atoms with Crippen LogP contribution >= 0.6 is 27.5 Å². The van der Waals surface area contributed by atoms with Crippen molar-refractivity contribution in [2.24, 2.45) is 0 Å². The summed E-state index contributed by atoms with van der Waals surface area (Å²) in [6, 6.07) is 15.3. The summed E-state index contributed by atoms with van der Waals surface area (Å²) in [5, 5.41) is 3.41. The third-order valence-corrected chi connectivity index (χ3v) is 5.12. The molecule has 6 heteroatoms. The quantitative estimate of drug-likeness (QED) is 0.414. The molecule has 2 aromatic carbocycles. The van der Waals surface area contributed by atoms with E-state index in [9.17, 15) is 4.79 Å². The van der Waals surface area contributed by atoms with Gasteiger partial charge >= 0.3 is 0 Å². The first-order chi connectivity index (χ1) is 13.6. The Labute approximate surface area is 178 Å². The summed E-state index contributed by atoms with van der Waals surface area (Å²) in [6.45, 7) is 5.31. The van der Waals surface area contributed by atoms with Gasteiger partial charge in [0.25, 0.3) is 5.91 Å². The molecule has 1 amide bonds. The standard InChI is InChI=1S/C22H23BrClN3O/c1-16(23)15-27-20-12-7-6-11-19(20)26-21(27)13-3-2-8-14-25-22(28)17-9-4-5-10-18(17)24/h4-7,9-12H,1-3,8,13-15H2,(H,25,28). The minimum atomic E-state index is -0.122. The fourth-order valence-corrected chi connectivity index (χ4v) is 3.66. The fourth-order valence-electron chi connectivity index (χ4n) is 3.19. The molecule has 0 radical (unpaired) electrons. The van der Waals surface area contributed by atoms with E-state index in [1.807, 2.05) is 30.3 Å². The molecule has 3 aromatic rings. The lowest BCUT2D eigenvalue weighted by molar-refractivity contribution is 0.0953. The van der Waals surface area contributed by atoms with Crippen LogP contribution in [0, 0.1) is 0 Å². The second-order valence-corrected chi connectivity index (χ2v) is 8.20. The third kappa shape index (κ3) is 5.24. The topological polar surface area (TPSA) is 46.9 Å². The smallest absolute Gasteiger partial charge is 0.252 e. The van der Waals surface area contributed by atoms with Crippen LogP contribution in [0.25, 0.3) is 11.0 Å². The number of imidazole rings is 1. The Kier molecular flexibility index (Phi) is 7.29. The Morgan fingerprint density at radius 1 is 1.11 bits per heavy atom. The number of fused-ring (bicyclic) bond motifs is 1. The van der Waals surface area contributed by atoms with Gasteiger partial charge in [0.1, 0.15) is 5.82 Å². The van der Waals surface area contributed by atoms with Gasteiger partial charge in [-0.2, -0.15) is 0 Å². The Bertz CT molecular complexity index is 983. The highest BCUT2D eigenvalue weighted by Crippen LogP contribution is 2.20. The maximum absolute atomic E-state index is 12.1. The summed E-state index contributed by atoms with van der Waals surface area (Å²) in [7, 11) is 0. The molecular formula is C22H23BrClN3O. The van der Waals surface area contributed by atoms with Gasteiger partial charge < -0.3 is 9.88 Å². The van der Waals surface area contributed by atoms with Gasteiger partial charge in [-0.1, -0.05) is 64.8 Å². The van der Waals surface area contributed by atoms with Crippen LogP contribution in [-0.2, 0) is 13.0 Å². The molecule has 146 valence electrons. The monoisotopic (exact) mass is 459 g/mol. The van der Waals surface area contributed by atoms with Crippen molar-refractivity contribution >= 4 is 44.5 Å². The molecule has 0 aliphatic rings. The largest absolute Gasteiger partial charge is 0.352 e. The van der Waals surface area contributed by atoms with Gasteiger partial charge in [0.15, 0.2) is 0 Å². The molecule has 0 bridgehead atoms. The summed E-state index contributed by atoms with van der Waals surface area (Å²) in [5.74, 6) is 0.949. The molecule has 0 saturated heterocycles. The minimum Gasteiger partial charge on any atom is -0.352 e. The van der Waals surface area contributed by atoms with Crippen molar-refractivity contribution in [3.8, 4) is 0 Å². The number of benzene rings is 2. The number of unbranched alkanes of at least 4 members (excludes halogenated alkanes) is 2. The van der Waals surface area contributed by atoms with Crippen molar-refractivity contribution in [3.63, 3.8) is 0 Å². The van der Waals surface area contributed by atoms with Crippen LogP contribution < -0.4 is 5.32 Å². The molecular weight excluding hydrogens is 438 g/mol. The van der Waals surface area contributed by atoms with Crippen molar-refractivity contribution in [2.45, 2.75) is 32.2 Å². The first-order valence-electron chi connectivity index (χ1n) is 9.36. The number of aromatic nitrogens is 2. The molecule has 0 saturated carbocycles. The van der Waals surface area contributed by atoms with Gasteiger partial charge in [-0.25, -0.2) is 4.98 Å². The number of allylic oxidation sites excluding steroid dienone is 1. The first kappa shape index (κ1) is 20.6. The zero-order valence-electron chi connectivity index (χ0n) is 15.6. The molecule has 0 aliphatic carbocycles. The number of carbonyl (C=O) groups is 1. The molecule has 0 fully saturated rings. The molecule has 1 N–H and O–H groups in total. The van der Waals surface area contributed by atoms with Crippen molar-refractivity contribution in [1.82, 2.24) is 14.9 Å². The van der Waals surface area contributed by atoms with Crippen LogP contribution in [0.1, 0.15) is 35.4 Å². The summed E-state index contributed by atoms with van der Waals surface area (Å²) >= 11 is 9.52. The van der Waals surface area contributed by atoms with E-state index in [0.717, 1.165) is 47.0 Å². The number of para-hydroxylation sites is 2. The molecule has 28 heavy (non-hydrogen) atoms. The zero-order chi connectivity index (χ0) is 19.9. The first-order valence-corrected chi connectivity index (χ1v) is 10.5. The molecule has 1 aromatic heterocycles. The number of amides is 1. The highest BCUT2D eigenvalue weighted by atomic mass is 79.9. The van der Waals surface area contributed by atoms with E-state index >= 15 is 0 Å². The van der Waals surface area contributed by atoms with Crippen LogP contribution in [0.15, 0.2) is 59.6 Å². The van der Waals surface area contributed by atoms with Crippen LogP contribution in [0.5, 0.6) is 0 Å². The molecule has 1 heterocycles. The van der Waals surface area contributed by atoms with Crippen molar-refractivity contribution < 1.29 is 4.79 Å². The second kappa shape index (κ2) is 9.89. The average molecular weight is 461 g/mol. The predicted octanol–water partition coefficient (Wildman–Crippen LogP) is 5.74. The van der Waals surface area contributed by atoms with E-state index in [1.54, 1.807) is 12.1 Å². The van der Waals surface area contributed by atoms with Gasteiger partial charge in [-0.05, 0) is 37.1 Å². The molecule has 0 spiro atoms. The number of aryl methyl sites for hydroxylation is 1. The lowest BCUT2D eigenvalue weighted by atomic mass is 10.1. The van der Waals surface area contributed by atoms with Gasteiger partial charge in [-0.3, -0.25) is 4.79 Å². The SMILES string of the molecule is C=C(Br)Cn1c(CCCCCNC(=O)c2ccccc2Cl)nc2ccccc21. The average Bonchev–Trinajstić information content (AvgIpc) is 3.01. The van der Waals surface area contributed by atoms with Crippen LogP contribution in [-0.4, -0.2) is 22.0 Å². The summed E-state index contributed by atoms with van der Waals surface area (Å²) in [6.07, 6.45) is 3.84. The molecule has 3 rings (SSSR count). The Balaban J connectivity index is 1.48. The van der Waals surface area contributed by atoms with Crippen LogP contribution in [0.3, 0.4) is 0 Å². The Morgan fingerprint density at radius 3 is 2.64 bits per heavy atom. The van der Waals surface area contributed by atoms with Gasteiger partial charge in [0.05, 0.1) is 28.2 Å². The van der Waals surface area contributed by atoms with Crippen molar-refractivity contribution in [1.29, 1.82) is 0 Å². The second-order valence-electron chi connectivity index (χ2n) is 6.67. The number of hydrogen-bond acceptors (Lipinski definition) is 2. The lowest BCUT2D eigenvalue weighted by Crippen LogP contribution is -2.24. The summed E-state index contributed by atoms with van der Waals surface area (Å²) in [4.78, 5) is 16.9. The van der Waals surface area contributed by atoms with E-state index in [1.165, 1.54) is 0 Å². The Hall–Kier alpha value is -2.11. The predicted molar refractivity (Wildman–Crippen MR) is 119 cm³/mol. The normalized spacial score (nSPS) is 10.9. The van der Waals surface area contributed by atoms with E-state index in [-0.39, 0.29) is 5.91 Å². The van der Waals surface area contributed by atoms with E-state index < -0.39 is 0 Å². The number of rotatable bonds is 9. The maximum atomic E-state index is 12.1. The highest BCUT2D eigenvalue weighted by Gasteiger charge is 2.11. The molecule has 0 atom stereocenters. The number of hydrogen-bond donors (Lipinski definition) is 1. The zero-order valence-corrected chi connectivity index (χ0v) is 18.0. The van der Waals surface area contributed by atoms with Gasteiger partial charge in [0, 0.05) is 17.4 Å². The Morgan fingerprint density at radius 2 is 1.86 bits per heavy atom. The van der Waals surface area contributed by atoms with Gasteiger partial charge in [-0.15, -0.1) is 0 Å². The lowest BCUT2D eigenvalue weighted by Gasteiger charge is -2.09. The van der Waals surface area contributed by atoms with Crippen molar-refractivity contribution in [2.75, 3.05) is 6.54 Å². The van der Waals surface area contributed by atoms with E-state index in [0.29, 0.717) is 23.7 Å². The number of nitrogens with zero attached hydrogens (tertiary/aromatic N) is 2. The van der Waals surface area contributed by atoms with Crippen molar-refractivity contribution in [3.05, 3.63) is 76.0 Å². The summed E-state index contributed by atoms with van der Waals surface area (Å²) < 4.78 is 3.14. The van der Waals surface area contributed by atoms with Gasteiger partial charge in [0.2, 0.25) is 0 Å². The molecule has 4 nitrogen and oxygen atoms in total. The molecule has 0 aliphatic heterocycles. The number of carbonyl (C=O) groups excluding carboxylic acids is 1. The highest BCUT2D eigenvalue weighted by molar-refractivity contribution is 9.11.